The monoisotopic (exact) mass is 169 g/mol. The van der Waals surface area contributed by atoms with Crippen molar-refractivity contribution in [1.29, 1.82) is 0 Å². The van der Waals surface area contributed by atoms with Gasteiger partial charge in [0.05, 0.1) is 6.54 Å². The summed E-state index contributed by atoms with van der Waals surface area (Å²) in [6.45, 7) is 2.89. The molecular weight excluding hydrogens is 158 g/mol. The van der Waals surface area contributed by atoms with Gasteiger partial charge in [-0.2, -0.15) is 7.05 Å². The molecular formula is C9H12ClN. The molecule has 0 amide bonds. The molecule has 1 nitrogen and oxygen atoms in total. The van der Waals surface area contributed by atoms with Gasteiger partial charge in [0.15, 0.2) is 0 Å². The molecule has 60 valence electrons. The lowest BCUT2D eigenvalue weighted by molar-refractivity contribution is -0.612. The summed E-state index contributed by atoms with van der Waals surface area (Å²) in [6.07, 6.45) is 0. The Balaban J connectivity index is 2.86. The smallest absolute Gasteiger partial charge is 0.0773 e. The molecule has 2 N–H and O–H groups in total. The van der Waals surface area contributed by atoms with Crippen LogP contribution in [0.4, 0.5) is 0 Å². The maximum Gasteiger partial charge on any atom is 0.0773 e. The zero-order valence-electron chi connectivity index (χ0n) is 6.60. The van der Waals surface area contributed by atoms with E-state index in [2.05, 4.69) is 13.1 Å². The molecule has 1 aromatic carbocycles. The topological polar surface area (TPSA) is 16.6 Å². The van der Waals surface area contributed by atoms with Gasteiger partial charge in [-0.15, -0.1) is 0 Å². The van der Waals surface area contributed by atoms with Crippen LogP contribution in [0.2, 0.25) is 5.02 Å². The normalized spacial score (nSPS) is 10.1. The van der Waals surface area contributed by atoms with Crippen LogP contribution in [0.3, 0.4) is 0 Å². The molecule has 1 rings (SSSR count). The van der Waals surface area contributed by atoms with Crippen molar-refractivity contribution in [2.24, 2.45) is 0 Å². The highest BCUT2D eigenvalue weighted by molar-refractivity contribution is 6.31. The SMILES string of the molecule is [CH2-][NH2+]Cc1ccc(C)c(Cl)c1. The highest BCUT2D eigenvalue weighted by Gasteiger charge is 1.96. The van der Waals surface area contributed by atoms with Crippen molar-refractivity contribution < 1.29 is 5.32 Å². The predicted molar refractivity (Wildman–Crippen MR) is 47.2 cm³/mol. The third-order valence-corrected chi connectivity index (χ3v) is 2.02. The van der Waals surface area contributed by atoms with Crippen molar-refractivity contribution in [3.05, 3.63) is 41.4 Å². The summed E-state index contributed by atoms with van der Waals surface area (Å²) in [5.41, 5.74) is 2.34. The quantitative estimate of drug-likeness (QED) is 0.647. The lowest BCUT2D eigenvalue weighted by Gasteiger charge is -2.02. The molecule has 0 fully saturated rings. The second-order valence-corrected chi connectivity index (χ2v) is 2.98. The van der Waals surface area contributed by atoms with Gasteiger partial charge in [0.2, 0.25) is 0 Å². The van der Waals surface area contributed by atoms with E-state index in [1.165, 1.54) is 5.56 Å². The molecule has 1 aromatic rings. The maximum atomic E-state index is 5.92. The fraction of sp³-hybridized carbons (Fsp3) is 0.222. The molecule has 0 heterocycles. The van der Waals surface area contributed by atoms with Crippen molar-refractivity contribution in [3.63, 3.8) is 0 Å². The molecule has 0 unspecified atom stereocenters. The second kappa shape index (κ2) is 3.74. The van der Waals surface area contributed by atoms with Crippen LogP contribution in [0.5, 0.6) is 0 Å². The number of rotatable bonds is 2. The Labute approximate surface area is 72.4 Å². The van der Waals surface area contributed by atoms with E-state index >= 15 is 0 Å². The van der Waals surface area contributed by atoms with Gasteiger partial charge in [0.25, 0.3) is 0 Å². The molecule has 2 heteroatoms. The highest BCUT2D eigenvalue weighted by atomic mass is 35.5. The zero-order valence-corrected chi connectivity index (χ0v) is 7.36. The Morgan fingerprint density at radius 3 is 2.82 bits per heavy atom. The molecule has 0 atom stereocenters. The van der Waals surface area contributed by atoms with Crippen molar-refractivity contribution >= 4 is 11.6 Å². The van der Waals surface area contributed by atoms with Crippen molar-refractivity contribution in [3.8, 4) is 0 Å². The summed E-state index contributed by atoms with van der Waals surface area (Å²) in [5.74, 6) is 0. The van der Waals surface area contributed by atoms with E-state index in [9.17, 15) is 0 Å². The molecule has 0 spiro atoms. The zero-order chi connectivity index (χ0) is 8.27. The number of hydrogen-bond acceptors (Lipinski definition) is 0. The summed E-state index contributed by atoms with van der Waals surface area (Å²) in [4.78, 5) is 0. The van der Waals surface area contributed by atoms with E-state index in [0.717, 1.165) is 17.1 Å². The Hall–Kier alpha value is -0.530. The van der Waals surface area contributed by atoms with Gasteiger partial charge >= 0.3 is 0 Å². The molecule has 0 aliphatic rings. The minimum Gasteiger partial charge on any atom is -0.475 e. The first-order valence-corrected chi connectivity index (χ1v) is 3.98. The minimum absolute atomic E-state index is 0.837. The second-order valence-electron chi connectivity index (χ2n) is 2.58. The Morgan fingerprint density at radius 2 is 2.27 bits per heavy atom. The number of benzene rings is 1. The Bertz CT molecular complexity index is 245. The maximum absolute atomic E-state index is 5.92. The third-order valence-electron chi connectivity index (χ3n) is 1.62. The van der Waals surface area contributed by atoms with E-state index in [0.29, 0.717) is 0 Å². The first kappa shape index (κ1) is 8.57. The van der Waals surface area contributed by atoms with Crippen LogP contribution in [-0.4, -0.2) is 0 Å². The van der Waals surface area contributed by atoms with Gasteiger partial charge in [-0.3, -0.25) is 0 Å². The molecule has 11 heavy (non-hydrogen) atoms. The minimum atomic E-state index is 0.837. The molecule has 0 radical (unpaired) electrons. The lowest BCUT2D eigenvalue weighted by Crippen LogP contribution is -2.74. The fourth-order valence-electron chi connectivity index (χ4n) is 0.930. The van der Waals surface area contributed by atoms with Gasteiger partial charge in [-0.05, 0) is 18.6 Å². The molecule has 0 saturated heterocycles. The number of quaternary nitrogens is 1. The van der Waals surface area contributed by atoms with Crippen LogP contribution in [0.15, 0.2) is 18.2 Å². The van der Waals surface area contributed by atoms with Crippen LogP contribution in [0, 0.1) is 14.0 Å². The van der Waals surface area contributed by atoms with Crippen molar-refractivity contribution in [1.82, 2.24) is 0 Å². The first-order chi connectivity index (χ1) is 5.24. The summed E-state index contributed by atoms with van der Waals surface area (Å²) in [6, 6.07) is 6.09. The number of nitrogens with two attached hydrogens (primary N) is 1. The number of hydrogen-bond donors (Lipinski definition) is 1. The molecule has 0 aliphatic carbocycles. The van der Waals surface area contributed by atoms with Gasteiger partial charge in [-0.25, -0.2) is 0 Å². The third kappa shape index (κ3) is 2.21. The predicted octanol–water partition coefficient (Wildman–Crippen LogP) is 1.50. The van der Waals surface area contributed by atoms with Crippen LogP contribution >= 0.6 is 11.6 Å². The average Bonchev–Trinajstić information content (AvgIpc) is 1.98. The number of aryl methyl sites for hydroxylation is 1. The van der Waals surface area contributed by atoms with Crippen LogP contribution in [0.1, 0.15) is 11.1 Å². The molecule has 0 aliphatic heterocycles. The summed E-state index contributed by atoms with van der Waals surface area (Å²) in [5, 5.41) is 2.71. The first-order valence-electron chi connectivity index (χ1n) is 3.60. The Kier molecular flexibility index (Phi) is 2.92. The van der Waals surface area contributed by atoms with Gasteiger partial charge < -0.3 is 5.32 Å². The van der Waals surface area contributed by atoms with E-state index in [1.54, 1.807) is 0 Å². The summed E-state index contributed by atoms with van der Waals surface area (Å²) in [7, 11) is 3.66. The Morgan fingerprint density at radius 1 is 1.55 bits per heavy atom. The lowest BCUT2D eigenvalue weighted by atomic mass is 10.1. The van der Waals surface area contributed by atoms with E-state index in [1.807, 2.05) is 24.4 Å². The molecule has 0 bridgehead atoms. The number of halogens is 1. The standard InChI is InChI=1S/C9H12ClN/c1-7-3-4-8(6-11-2)5-9(7)10/h3-5H,2,6,11H2,1H3. The van der Waals surface area contributed by atoms with E-state index in [4.69, 9.17) is 11.6 Å². The van der Waals surface area contributed by atoms with Crippen molar-refractivity contribution in [2.45, 2.75) is 13.5 Å². The van der Waals surface area contributed by atoms with Crippen LogP contribution in [-0.2, 0) is 6.54 Å². The van der Waals surface area contributed by atoms with Crippen LogP contribution < -0.4 is 5.32 Å². The van der Waals surface area contributed by atoms with Gasteiger partial charge in [0.1, 0.15) is 0 Å². The van der Waals surface area contributed by atoms with Crippen LogP contribution in [0.25, 0.3) is 0 Å². The molecule has 0 aromatic heterocycles. The fourth-order valence-corrected chi connectivity index (χ4v) is 1.13. The summed E-state index contributed by atoms with van der Waals surface area (Å²) >= 11 is 5.92. The summed E-state index contributed by atoms with van der Waals surface area (Å²) < 4.78 is 0. The van der Waals surface area contributed by atoms with Gasteiger partial charge in [-0.1, -0.05) is 23.7 Å². The molecule has 0 saturated carbocycles. The highest BCUT2D eigenvalue weighted by Crippen LogP contribution is 2.15. The largest absolute Gasteiger partial charge is 0.475 e. The van der Waals surface area contributed by atoms with E-state index < -0.39 is 0 Å². The van der Waals surface area contributed by atoms with E-state index in [-0.39, 0.29) is 0 Å². The van der Waals surface area contributed by atoms with Crippen molar-refractivity contribution in [2.75, 3.05) is 0 Å². The average molecular weight is 170 g/mol. The van der Waals surface area contributed by atoms with Gasteiger partial charge in [0, 0.05) is 10.6 Å².